The molecule has 1 aliphatic heterocycles. The highest BCUT2D eigenvalue weighted by Gasteiger charge is 2.22. The molecule has 5 nitrogen and oxygen atoms in total. The van der Waals surface area contributed by atoms with Crippen molar-refractivity contribution in [1.82, 2.24) is 15.2 Å². The minimum atomic E-state index is -0.314. The smallest absolute Gasteiger partial charge is 0.314 e. The zero-order valence-corrected chi connectivity index (χ0v) is 10.7. The predicted molar refractivity (Wildman–Crippen MR) is 70.0 cm³/mol. The third-order valence-corrected chi connectivity index (χ3v) is 3.42. The fourth-order valence-electron chi connectivity index (χ4n) is 2.34. The Morgan fingerprint density at radius 1 is 1.50 bits per heavy atom. The molecular formula is C13H20N4O. The highest BCUT2D eigenvalue weighted by Crippen LogP contribution is 2.15. The molecule has 1 atom stereocenters. The molecule has 0 unspecified atom stereocenters. The van der Waals surface area contributed by atoms with Crippen LogP contribution in [0.15, 0.2) is 24.4 Å². The molecule has 0 saturated carbocycles. The lowest BCUT2D eigenvalue weighted by Gasteiger charge is -2.32. The van der Waals surface area contributed by atoms with Crippen molar-refractivity contribution in [3.8, 4) is 0 Å². The molecule has 0 spiro atoms. The molecule has 1 aromatic heterocycles. The number of rotatable bonds is 3. The summed E-state index contributed by atoms with van der Waals surface area (Å²) in [7, 11) is 0. The van der Waals surface area contributed by atoms with Gasteiger partial charge in [0.15, 0.2) is 0 Å². The third kappa shape index (κ3) is 3.20. The van der Waals surface area contributed by atoms with Gasteiger partial charge in [-0.05, 0) is 31.9 Å². The Kier molecular flexibility index (Phi) is 4.15. The number of aromatic nitrogens is 1. The van der Waals surface area contributed by atoms with Crippen LogP contribution in [-0.4, -0.2) is 35.0 Å². The van der Waals surface area contributed by atoms with Crippen LogP contribution in [0, 0.1) is 0 Å². The maximum Gasteiger partial charge on any atom is 0.314 e. The largest absolute Gasteiger partial charge is 0.351 e. The highest BCUT2D eigenvalue weighted by molar-refractivity contribution is 5.72. The van der Waals surface area contributed by atoms with Crippen LogP contribution < -0.4 is 11.1 Å². The van der Waals surface area contributed by atoms with E-state index in [1.54, 1.807) is 4.90 Å². The van der Waals surface area contributed by atoms with Crippen molar-refractivity contribution >= 4 is 6.03 Å². The standard InChI is InChI=1S/C13H20N4O/c1-10(12-4-2-3-7-15-12)16-11-5-8-17(9-6-11)13(14)18/h2-4,7,10-11,16H,5-6,8-9H2,1H3,(H2,14,18)/t10-/m0/s1. The number of carbonyl (C=O) groups is 1. The quantitative estimate of drug-likeness (QED) is 0.846. The molecule has 0 aliphatic carbocycles. The van der Waals surface area contributed by atoms with Crippen molar-refractivity contribution < 1.29 is 4.79 Å². The fraction of sp³-hybridized carbons (Fsp3) is 0.538. The summed E-state index contributed by atoms with van der Waals surface area (Å²) in [5.74, 6) is 0. The number of hydrogen-bond acceptors (Lipinski definition) is 3. The summed E-state index contributed by atoms with van der Waals surface area (Å²) in [6.45, 7) is 3.59. The number of urea groups is 1. The van der Waals surface area contributed by atoms with Gasteiger partial charge in [0, 0.05) is 31.4 Å². The minimum absolute atomic E-state index is 0.233. The van der Waals surface area contributed by atoms with Crippen molar-refractivity contribution in [3.05, 3.63) is 30.1 Å². The van der Waals surface area contributed by atoms with Crippen molar-refractivity contribution in [1.29, 1.82) is 0 Å². The van der Waals surface area contributed by atoms with Crippen molar-refractivity contribution in [2.45, 2.75) is 31.8 Å². The second-order valence-corrected chi connectivity index (χ2v) is 4.74. The molecule has 98 valence electrons. The van der Waals surface area contributed by atoms with Gasteiger partial charge in [-0.2, -0.15) is 0 Å². The topological polar surface area (TPSA) is 71.2 Å². The third-order valence-electron chi connectivity index (χ3n) is 3.42. The van der Waals surface area contributed by atoms with E-state index in [1.807, 2.05) is 24.4 Å². The van der Waals surface area contributed by atoms with E-state index < -0.39 is 0 Å². The molecule has 1 saturated heterocycles. The van der Waals surface area contributed by atoms with Gasteiger partial charge in [0.1, 0.15) is 0 Å². The van der Waals surface area contributed by atoms with Crippen molar-refractivity contribution in [2.24, 2.45) is 5.73 Å². The average Bonchev–Trinajstić information content (AvgIpc) is 2.40. The average molecular weight is 248 g/mol. The molecule has 2 rings (SSSR count). The summed E-state index contributed by atoms with van der Waals surface area (Å²) in [4.78, 5) is 17.1. The number of nitrogens with two attached hydrogens (primary N) is 1. The number of nitrogens with zero attached hydrogens (tertiary/aromatic N) is 2. The fourth-order valence-corrected chi connectivity index (χ4v) is 2.34. The number of primary amides is 1. The molecule has 1 fully saturated rings. The zero-order valence-electron chi connectivity index (χ0n) is 10.7. The van der Waals surface area contributed by atoms with Crippen molar-refractivity contribution in [3.63, 3.8) is 0 Å². The molecule has 0 radical (unpaired) electrons. The van der Waals surface area contributed by atoms with E-state index >= 15 is 0 Å². The minimum Gasteiger partial charge on any atom is -0.351 e. The van der Waals surface area contributed by atoms with E-state index in [0.717, 1.165) is 31.6 Å². The monoisotopic (exact) mass is 248 g/mol. The van der Waals surface area contributed by atoms with Crippen LogP contribution in [0.4, 0.5) is 4.79 Å². The Bertz CT molecular complexity index is 387. The molecule has 2 amide bonds. The van der Waals surface area contributed by atoms with Crippen LogP contribution in [-0.2, 0) is 0 Å². The summed E-state index contributed by atoms with van der Waals surface area (Å²) < 4.78 is 0. The van der Waals surface area contributed by atoms with Gasteiger partial charge in [-0.1, -0.05) is 6.07 Å². The van der Waals surface area contributed by atoms with E-state index in [0.29, 0.717) is 6.04 Å². The van der Waals surface area contributed by atoms with Gasteiger partial charge in [0.2, 0.25) is 0 Å². The van der Waals surface area contributed by atoms with E-state index in [2.05, 4.69) is 17.2 Å². The first kappa shape index (κ1) is 12.8. The Morgan fingerprint density at radius 2 is 2.22 bits per heavy atom. The van der Waals surface area contributed by atoms with Gasteiger partial charge >= 0.3 is 6.03 Å². The summed E-state index contributed by atoms with van der Waals surface area (Å²) in [5, 5.41) is 3.55. The molecule has 0 bridgehead atoms. The van der Waals surface area contributed by atoms with Gasteiger partial charge in [-0.3, -0.25) is 4.98 Å². The number of piperidine rings is 1. The number of pyridine rings is 1. The van der Waals surface area contributed by atoms with Gasteiger partial charge < -0.3 is 16.0 Å². The Morgan fingerprint density at radius 3 is 2.78 bits per heavy atom. The van der Waals surface area contributed by atoms with Gasteiger partial charge in [-0.25, -0.2) is 4.79 Å². The first-order valence-corrected chi connectivity index (χ1v) is 6.38. The van der Waals surface area contributed by atoms with E-state index in [9.17, 15) is 4.79 Å². The van der Waals surface area contributed by atoms with Crippen LogP contribution in [0.25, 0.3) is 0 Å². The van der Waals surface area contributed by atoms with Crippen LogP contribution in [0.3, 0.4) is 0 Å². The second-order valence-electron chi connectivity index (χ2n) is 4.74. The second kappa shape index (κ2) is 5.82. The molecule has 5 heteroatoms. The summed E-state index contributed by atoms with van der Waals surface area (Å²) in [6.07, 6.45) is 3.70. The van der Waals surface area contributed by atoms with Crippen molar-refractivity contribution in [2.75, 3.05) is 13.1 Å². The molecule has 1 aromatic rings. The lowest BCUT2D eigenvalue weighted by Crippen LogP contribution is -2.47. The van der Waals surface area contributed by atoms with Gasteiger partial charge in [0.25, 0.3) is 0 Å². The molecule has 1 aliphatic rings. The van der Waals surface area contributed by atoms with Gasteiger partial charge in [0.05, 0.1) is 5.69 Å². The lowest BCUT2D eigenvalue weighted by molar-refractivity contribution is 0.183. The molecule has 3 N–H and O–H groups in total. The number of hydrogen-bond donors (Lipinski definition) is 2. The number of likely N-dealkylation sites (tertiary alicyclic amines) is 1. The molecule has 2 heterocycles. The van der Waals surface area contributed by atoms with Crippen LogP contribution in [0.2, 0.25) is 0 Å². The first-order valence-electron chi connectivity index (χ1n) is 6.38. The Hall–Kier alpha value is -1.62. The van der Waals surface area contributed by atoms with E-state index in [-0.39, 0.29) is 12.1 Å². The maximum atomic E-state index is 11.0. The maximum absolute atomic E-state index is 11.0. The van der Waals surface area contributed by atoms with E-state index in [1.165, 1.54) is 0 Å². The number of carbonyl (C=O) groups excluding carboxylic acids is 1. The van der Waals surface area contributed by atoms with E-state index in [4.69, 9.17) is 5.73 Å². The molecule has 18 heavy (non-hydrogen) atoms. The summed E-state index contributed by atoms with van der Waals surface area (Å²) in [6, 6.07) is 6.29. The van der Waals surface area contributed by atoms with Crippen LogP contribution in [0.1, 0.15) is 31.5 Å². The summed E-state index contributed by atoms with van der Waals surface area (Å²) >= 11 is 0. The summed E-state index contributed by atoms with van der Waals surface area (Å²) in [5.41, 5.74) is 6.31. The van der Waals surface area contributed by atoms with Crippen LogP contribution >= 0.6 is 0 Å². The number of amides is 2. The van der Waals surface area contributed by atoms with Crippen LogP contribution in [0.5, 0.6) is 0 Å². The molecular weight excluding hydrogens is 228 g/mol. The Labute approximate surface area is 107 Å². The lowest BCUT2D eigenvalue weighted by atomic mass is 10.0. The normalized spacial score (nSPS) is 18.6. The number of nitrogens with one attached hydrogen (secondary N) is 1. The first-order chi connectivity index (χ1) is 8.66. The highest BCUT2D eigenvalue weighted by atomic mass is 16.2. The SMILES string of the molecule is C[C@H](NC1CCN(C(N)=O)CC1)c1ccccn1. The molecule has 0 aromatic carbocycles. The Balaban J connectivity index is 1.83. The van der Waals surface area contributed by atoms with Gasteiger partial charge in [-0.15, -0.1) is 0 Å². The predicted octanol–water partition coefficient (Wildman–Crippen LogP) is 1.28. The zero-order chi connectivity index (χ0) is 13.0.